The van der Waals surface area contributed by atoms with Gasteiger partial charge in [-0.2, -0.15) is 0 Å². The molecule has 104 valence electrons. The maximum Gasteiger partial charge on any atom is 0.339 e. The Morgan fingerprint density at radius 1 is 1.53 bits per heavy atom. The van der Waals surface area contributed by atoms with Gasteiger partial charge < -0.3 is 20.9 Å². The molecule has 1 amide bonds. The Morgan fingerprint density at radius 3 is 2.63 bits per heavy atom. The van der Waals surface area contributed by atoms with Gasteiger partial charge in [-0.25, -0.2) is 4.79 Å². The van der Waals surface area contributed by atoms with Gasteiger partial charge in [0, 0.05) is 6.07 Å². The summed E-state index contributed by atoms with van der Waals surface area (Å²) in [7, 11) is 1.33. The number of rotatable bonds is 5. The molecule has 19 heavy (non-hydrogen) atoms. The van der Waals surface area contributed by atoms with Crippen molar-refractivity contribution in [2.45, 2.75) is 19.4 Å². The topological polar surface area (TPSA) is 102 Å². The number of carbonyl (C=O) groups is 2. The van der Waals surface area contributed by atoms with Gasteiger partial charge in [-0.15, -0.1) is 0 Å². The number of nitrogens with two attached hydrogens (primary N) is 1. The number of benzene rings is 1. The highest BCUT2D eigenvalue weighted by Gasteiger charge is 2.18. The van der Waals surface area contributed by atoms with Crippen molar-refractivity contribution in [2.24, 2.45) is 5.73 Å². The molecule has 0 bridgehead atoms. The van der Waals surface area contributed by atoms with E-state index in [1.807, 2.05) is 0 Å². The summed E-state index contributed by atoms with van der Waals surface area (Å²) in [6, 6.07) is 1.92. The number of carboxylic acids is 1. The highest BCUT2D eigenvalue weighted by molar-refractivity contribution is 6.34. The summed E-state index contributed by atoms with van der Waals surface area (Å²) in [4.78, 5) is 22.6. The van der Waals surface area contributed by atoms with E-state index in [0.29, 0.717) is 6.42 Å². The molecule has 0 aliphatic carbocycles. The number of halogens is 1. The number of hydrogen-bond acceptors (Lipinski definition) is 4. The second kappa shape index (κ2) is 6.40. The number of hydrogen-bond donors (Lipinski definition) is 3. The molecule has 0 aliphatic rings. The number of methoxy groups -OCH3 is 1. The molecule has 1 aromatic rings. The molecule has 1 aromatic carbocycles. The van der Waals surface area contributed by atoms with Crippen LogP contribution < -0.4 is 15.8 Å². The smallest absolute Gasteiger partial charge is 0.339 e. The van der Waals surface area contributed by atoms with Crippen LogP contribution in [0.2, 0.25) is 5.02 Å². The van der Waals surface area contributed by atoms with E-state index in [-0.39, 0.29) is 22.0 Å². The molecule has 0 fully saturated rings. The number of nitrogens with one attached hydrogen (secondary N) is 1. The van der Waals surface area contributed by atoms with Crippen molar-refractivity contribution in [1.82, 2.24) is 0 Å². The van der Waals surface area contributed by atoms with Gasteiger partial charge in [-0.1, -0.05) is 18.5 Å². The molecule has 0 saturated carbocycles. The molecule has 0 aliphatic heterocycles. The molecule has 1 rings (SSSR count). The number of ether oxygens (including phenoxy) is 1. The second-order valence-corrected chi connectivity index (χ2v) is 4.25. The summed E-state index contributed by atoms with van der Waals surface area (Å²) in [5.74, 6) is -1.45. The molecule has 6 nitrogen and oxygen atoms in total. The van der Waals surface area contributed by atoms with Crippen LogP contribution in [-0.2, 0) is 4.79 Å². The highest BCUT2D eigenvalue weighted by atomic mass is 35.5. The summed E-state index contributed by atoms with van der Waals surface area (Å²) in [5, 5.41) is 11.6. The van der Waals surface area contributed by atoms with Gasteiger partial charge in [-0.3, -0.25) is 4.79 Å². The van der Waals surface area contributed by atoms with E-state index in [9.17, 15) is 9.59 Å². The maximum atomic E-state index is 11.7. The van der Waals surface area contributed by atoms with Crippen LogP contribution in [0.25, 0.3) is 0 Å². The Bertz CT molecular complexity index is 505. The van der Waals surface area contributed by atoms with Crippen LogP contribution in [0.4, 0.5) is 5.69 Å². The number of carbonyl (C=O) groups excluding carboxylic acids is 1. The molecule has 0 radical (unpaired) electrons. The first kappa shape index (κ1) is 15.3. The zero-order valence-corrected chi connectivity index (χ0v) is 11.3. The van der Waals surface area contributed by atoms with Crippen LogP contribution in [0.5, 0.6) is 5.75 Å². The molecular weight excluding hydrogens is 272 g/mol. The molecule has 0 heterocycles. The molecule has 7 heteroatoms. The van der Waals surface area contributed by atoms with E-state index in [4.69, 9.17) is 27.2 Å². The van der Waals surface area contributed by atoms with Gasteiger partial charge in [-0.05, 0) is 12.5 Å². The Balaban J connectivity index is 3.10. The first-order chi connectivity index (χ1) is 8.90. The van der Waals surface area contributed by atoms with E-state index < -0.39 is 17.9 Å². The minimum Gasteiger partial charge on any atom is -0.496 e. The predicted molar refractivity (Wildman–Crippen MR) is 71.9 cm³/mol. The van der Waals surface area contributed by atoms with Crippen LogP contribution in [0.15, 0.2) is 12.1 Å². The normalized spacial score (nSPS) is 11.8. The third-order valence-corrected chi connectivity index (χ3v) is 2.87. The van der Waals surface area contributed by atoms with Crippen molar-refractivity contribution in [1.29, 1.82) is 0 Å². The zero-order valence-electron chi connectivity index (χ0n) is 10.6. The van der Waals surface area contributed by atoms with Crippen LogP contribution in [0, 0.1) is 0 Å². The summed E-state index contributed by atoms with van der Waals surface area (Å²) < 4.78 is 4.95. The van der Waals surface area contributed by atoms with E-state index in [0.717, 1.165) is 0 Å². The van der Waals surface area contributed by atoms with Gasteiger partial charge in [0.05, 0.1) is 23.9 Å². The Morgan fingerprint density at radius 2 is 2.16 bits per heavy atom. The number of amides is 1. The Hall–Kier alpha value is -1.79. The van der Waals surface area contributed by atoms with Gasteiger partial charge in [0.25, 0.3) is 0 Å². The fraction of sp³-hybridized carbons (Fsp3) is 0.333. The Kier molecular flexibility index (Phi) is 5.14. The van der Waals surface area contributed by atoms with Crippen molar-refractivity contribution in [2.75, 3.05) is 12.4 Å². The summed E-state index contributed by atoms with van der Waals surface area (Å²) in [6.45, 7) is 1.78. The summed E-state index contributed by atoms with van der Waals surface area (Å²) >= 11 is 5.92. The molecule has 0 saturated heterocycles. The molecular formula is C12H15ClN2O4. The van der Waals surface area contributed by atoms with E-state index in [2.05, 4.69) is 5.32 Å². The number of carboxylic acid groups (broad SMARTS) is 1. The number of anilines is 1. The third-order valence-electron chi connectivity index (χ3n) is 2.55. The lowest BCUT2D eigenvalue weighted by molar-refractivity contribution is -0.117. The molecule has 0 aromatic heterocycles. The zero-order chi connectivity index (χ0) is 14.6. The number of aromatic carboxylic acids is 1. The van der Waals surface area contributed by atoms with Crippen LogP contribution >= 0.6 is 11.6 Å². The van der Waals surface area contributed by atoms with Crippen molar-refractivity contribution in [3.05, 3.63) is 22.7 Å². The second-order valence-electron chi connectivity index (χ2n) is 3.84. The fourth-order valence-electron chi connectivity index (χ4n) is 1.40. The van der Waals surface area contributed by atoms with Crippen molar-refractivity contribution >= 4 is 29.2 Å². The Labute approximate surface area is 115 Å². The fourth-order valence-corrected chi connectivity index (χ4v) is 1.61. The minimum absolute atomic E-state index is 0.0784. The molecule has 0 spiro atoms. The lowest BCUT2D eigenvalue weighted by Crippen LogP contribution is -2.34. The van der Waals surface area contributed by atoms with Gasteiger partial charge in [0.1, 0.15) is 11.3 Å². The predicted octanol–water partition coefficient (Wildman–Crippen LogP) is 1.72. The highest BCUT2D eigenvalue weighted by Crippen LogP contribution is 2.31. The minimum atomic E-state index is -1.16. The molecule has 4 N–H and O–H groups in total. The van der Waals surface area contributed by atoms with Crippen molar-refractivity contribution in [3.8, 4) is 5.75 Å². The quantitative estimate of drug-likeness (QED) is 0.765. The van der Waals surface area contributed by atoms with E-state index in [1.54, 1.807) is 6.92 Å². The average Bonchev–Trinajstić information content (AvgIpc) is 2.39. The molecule has 1 atom stereocenters. The summed E-state index contributed by atoms with van der Waals surface area (Å²) in [6.07, 6.45) is 0.480. The van der Waals surface area contributed by atoms with Gasteiger partial charge >= 0.3 is 5.97 Å². The first-order valence-corrected chi connectivity index (χ1v) is 5.95. The standard InChI is InChI=1S/C12H15ClN2O4/c1-3-8(14)11(16)15-9-5-10(19-2)6(12(17)18)4-7(9)13/h4-5,8H,3,14H2,1-2H3,(H,15,16)(H,17,18)/t8-/m1/s1. The van der Waals surface area contributed by atoms with E-state index in [1.165, 1.54) is 19.2 Å². The lowest BCUT2D eigenvalue weighted by atomic mass is 10.1. The van der Waals surface area contributed by atoms with Crippen molar-refractivity contribution < 1.29 is 19.4 Å². The van der Waals surface area contributed by atoms with E-state index >= 15 is 0 Å². The maximum absolute atomic E-state index is 11.7. The summed E-state index contributed by atoms with van der Waals surface area (Å²) in [5.41, 5.74) is 5.77. The molecule has 0 unspecified atom stereocenters. The SMILES string of the molecule is CC[C@@H](N)C(=O)Nc1cc(OC)c(C(=O)O)cc1Cl. The van der Waals surface area contributed by atoms with Gasteiger partial charge in [0.2, 0.25) is 5.91 Å². The van der Waals surface area contributed by atoms with Gasteiger partial charge in [0.15, 0.2) is 0 Å². The monoisotopic (exact) mass is 286 g/mol. The van der Waals surface area contributed by atoms with Crippen LogP contribution in [0.3, 0.4) is 0 Å². The first-order valence-electron chi connectivity index (χ1n) is 5.58. The average molecular weight is 287 g/mol. The largest absolute Gasteiger partial charge is 0.496 e. The van der Waals surface area contributed by atoms with Crippen molar-refractivity contribution in [3.63, 3.8) is 0 Å². The third kappa shape index (κ3) is 3.59. The lowest BCUT2D eigenvalue weighted by Gasteiger charge is -2.13. The van der Waals surface area contributed by atoms with Crippen LogP contribution in [-0.4, -0.2) is 30.1 Å². The van der Waals surface area contributed by atoms with Crippen LogP contribution in [0.1, 0.15) is 23.7 Å².